The Morgan fingerprint density at radius 3 is 2.81 bits per heavy atom. The highest BCUT2D eigenvalue weighted by atomic mass is 79.9. The molecule has 1 heterocycles. The molecule has 1 aromatic carbocycles. The average Bonchev–Trinajstić information content (AvgIpc) is 3.17. The second-order valence-electron chi connectivity index (χ2n) is 5.77. The first-order valence-corrected chi connectivity index (χ1v) is 9.21. The molecule has 1 fully saturated rings. The molecule has 0 spiro atoms. The summed E-state index contributed by atoms with van der Waals surface area (Å²) in [4.78, 5) is 6.22. The summed E-state index contributed by atoms with van der Waals surface area (Å²) in [5.74, 6) is 0.446. The van der Waals surface area contributed by atoms with Crippen molar-refractivity contribution in [2.45, 2.75) is 45.2 Å². The van der Waals surface area contributed by atoms with Crippen molar-refractivity contribution in [3.05, 3.63) is 38.3 Å². The third kappa shape index (κ3) is 3.67. The van der Waals surface area contributed by atoms with Crippen molar-refractivity contribution in [1.82, 2.24) is 10.3 Å². The van der Waals surface area contributed by atoms with Crippen molar-refractivity contribution in [3.63, 3.8) is 0 Å². The summed E-state index contributed by atoms with van der Waals surface area (Å²) in [6, 6.07) is 6.72. The maximum Gasteiger partial charge on any atom is 0.123 e. The molecule has 0 amide bonds. The number of nitrogens with one attached hydrogen (secondary N) is 1. The van der Waals surface area contributed by atoms with Gasteiger partial charge in [0.1, 0.15) is 5.01 Å². The number of rotatable bonds is 5. The van der Waals surface area contributed by atoms with Crippen molar-refractivity contribution in [3.8, 4) is 10.6 Å². The Morgan fingerprint density at radius 2 is 2.19 bits per heavy atom. The minimum absolute atomic E-state index is 0.446. The number of thiazole rings is 1. The maximum absolute atomic E-state index is 6.07. The van der Waals surface area contributed by atoms with Crippen LogP contribution in [-0.4, -0.2) is 11.0 Å². The number of halogens is 2. The van der Waals surface area contributed by atoms with E-state index in [1.807, 2.05) is 18.2 Å². The van der Waals surface area contributed by atoms with Crippen LogP contribution in [0, 0.1) is 0 Å². The number of aromatic nitrogens is 1. The lowest BCUT2D eigenvalue weighted by Crippen LogP contribution is -2.15. The van der Waals surface area contributed by atoms with Gasteiger partial charge in [-0.2, -0.15) is 0 Å². The Kier molecular flexibility index (Phi) is 4.69. The van der Waals surface area contributed by atoms with Gasteiger partial charge in [-0.1, -0.05) is 31.5 Å². The van der Waals surface area contributed by atoms with E-state index in [0.717, 1.165) is 32.7 Å². The molecule has 1 aliphatic carbocycles. The van der Waals surface area contributed by atoms with Gasteiger partial charge in [0.2, 0.25) is 0 Å². The third-order valence-corrected chi connectivity index (χ3v) is 5.90. The Bertz CT molecular complexity index is 650. The minimum Gasteiger partial charge on any atom is -0.309 e. The zero-order valence-electron chi connectivity index (χ0n) is 12.1. The number of hydrogen-bond donors (Lipinski definition) is 1. The van der Waals surface area contributed by atoms with E-state index in [0.29, 0.717) is 5.92 Å². The van der Waals surface area contributed by atoms with E-state index >= 15 is 0 Å². The molecule has 1 aromatic heterocycles. The first kappa shape index (κ1) is 15.5. The molecule has 2 aromatic rings. The molecule has 5 heteroatoms. The van der Waals surface area contributed by atoms with Crippen molar-refractivity contribution in [2.24, 2.45) is 0 Å². The summed E-state index contributed by atoms with van der Waals surface area (Å²) >= 11 is 11.3. The SMILES string of the molecule is CC(C)c1nc(-c2ccc(Cl)c(Br)c2)sc1CNC1CC1. The van der Waals surface area contributed by atoms with Crippen LogP contribution in [0.2, 0.25) is 5.02 Å². The first-order valence-electron chi connectivity index (χ1n) is 7.23. The molecule has 1 aliphatic rings. The highest BCUT2D eigenvalue weighted by Crippen LogP contribution is 2.35. The molecule has 21 heavy (non-hydrogen) atoms. The van der Waals surface area contributed by atoms with Gasteiger partial charge in [0, 0.05) is 27.5 Å². The highest BCUT2D eigenvalue weighted by molar-refractivity contribution is 9.10. The Morgan fingerprint density at radius 1 is 1.43 bits per heavy atom. The number of hydrogen-bond acceptors (Lipinski definition) is 3. The molecular weight excluding hydrogens is 368 g/mol. The fourth-order valence-corrected chi connectivity index (χ4v) is 3.88. The summed E-state index contributed by atoms with van der Waals surface area (Å²) in [6.07, 6.45) is 2.62. The van der Waals surface area contributed by atoms with Gasteiger partial charge in [-0.25, -0.2) is 4.98 Å². The van der Waals surface area contributed by atoms with Crippen LogP contribution in [0.15, 0.2) is 22.7 Å². The van der Waals surface area contributed by atoms with E-state index in [2.05, 4.69) is 35.1 Å². The standard InChI is InChI=1S/C16H18BrClN2S/c1-9(2)15-14(8-19-11-4-5-11)21-16(20-15)10-3-6-13(18)12(17)7-10/h3,6-7,9,11,19H,4-5,8H2,1-2H3. The summed E-state index contributed by atoms with van der Waals surface area (Å²) in [5.41, 5.74) is 2.34. The lowest BCUT2D eigenvalue weighted by atomic mass is 10.1. The molecule has 2 nitrogen and oxygen atoms in total. The fourth-order valence-electron chi connectivity index (χ4n) is 2.22. The van der Waals surface area contributed by atoms with Crippen LogP contribution >= 0.6 is 38.9 Å². The molecule has 1 saturated carbocycles. The van der Waals surface area contributed by atoms with Gasteiger partial charge in [0.15, 0.2) is 0 Å². The van der Waals surface area contributed by atoms with Crippen LogP contribution in [-0.2, 0) is 6.54 Å². The lowest BCUT2D eigenvalue weighted by Gasteiger charge is -2.05. The van der Waals surface area contributed by atoms with E-state index in [-0.39, 0.29) is 0 Å². The van der Waals surface area contributed by atoms with Gasteiger partial charge in [-0.05, 0) is 46.8 Å². The van der Waals surface area contributed by atoms with Crippen molar-refractivity contribution >= 4 is 38.9 Å². The topological polar surface area (TPSA) is 24.9 Å². The minimum atomic E-state index is 0.446. The van der Waals surface area contributed by atoms with Gasteiger partial charge in [0.25, 0.3) is 0 Å². The van der Waals surface area contributed by atoms with Crippen molar-refractivity contribution in [2.75, 3.05) is 0 Å². The van der Waals surface area contributed by atoms with Gasteiger partial charge in [-0.15, -0.1) is 11.3 Å². The summed E-state index contributed by atoms with van der Waals surface area (Å²) in [6.45, 7) is 5.35. The van der Waals surface area contributed by atoms with E-state index in [9.17, 15) is 0 Å². The Balaban J connectivity index is 1.90. The van der Waals surface area contributed by atoms with E-state index in [4.69, 9.17) is 16.6 Å². The molecule has 0 aliphatic heterocycles. The van der Waals surface area contributed by atoms with Crippen LogP contribution in [0.5, 0.6) is 0 Å². The molecule has 0 bridgehead atoms. The lowest BCUT2D eigenvalue weighted by molar-refractivity contribution is 0.681. The van der Waals surface area contributed by atoms with Gasteiger partial charge >= 0.3 is 0 Å². The molecule has 112 valence electrons. The van der Waals surface area contributed by atoms with Crippen molar-refractivity contribution < 1.29 is 0 Å². The van der Waals surface area contributed by atoms with Crippen LogP contribution in [0.4, 0.5) is 0 Å². The molecule has 1 N–H and O–H groups in total. The van der Waals surface area contributed by atoms with Crippen LogP contribution in [0.1, 0.15) is 43.2 Å². The normalized spacial score (nSPS) is 14.9. The fraction of sp³-hybridized carbons (Fsp3) is 0.438. The highest BCUT2D eigenvalue weighted by Gasteiger charge is 2.22. The monoisotopic (exact) mass is 384 g/mol. The molecule has 0 radical (unpaired) electrons. The molecule has 0 saturated heterocycles. The summed E-state index contributed by atoms with van der Waals surface area (Å²) in [7, 11) is 0. The zero-order chi connectivity index (χ0) is 15.0. The van der Waals surface area contributed by atoms with Crippen molar-refractivity contribution in [1.29, 1.82) is 0 Å². The number of nitrogens with zero attached hydrogens (tertiary/aromatic N) is 1. The predicted molar refractivity (Wildman–Crippen MR) is 94.2 cm³/mol. The third-order valence-electron chi connectivity index (χ3n) is 3.57. The van der Waals surface area contributed by atoms with Gasteiger partial charge in [0.05, 0.1) is 10.7 Å². The van der Waals surface area contributed by atoms with Gasteiger partial charge in [-0.3, -0.25) is 0 Å². The Labute approximate surface area is 143 Å². The van der Waals surface area contributed by atoms with E-state index < -0.39 is 0 Å². The number of benzene rings is 1. The maximum atomic E-state index is 6.07. The Hall–Kier alpha value is -0.420. The predicted octanol–water partition coefficient (Wildman–Crippen LogP) is 5.60. The largest absolute Gasteiger partial charge is 0.309 e. The van der Waals surface area contributed by atoms with E-state index in [1.165, 1.54) is 23.4 Å². The second kappa shape index (κ2) is 6.37. The average molecular weight is 386 g/mol. The molecule has 0 unspecified atom stereocenters. The quantitative estimate of drug-likeness (QED) is 0.724. The zero-order valence-corrected chi connectivity index (χ0v) is 15.3. The van der Waals surface area contributed by atoms with E-state index in [1.54, 1.807) is 11.3 Å². The smallest absolute Gasteiger partial charge is 0.123 e. The van der Waals surface area contributed by atoms with Gasteiger partial charge < -0.3 is 5.32 Å². The second-order valence-corrected chi connectivity index (χ2v) is 8.11. The molecule has 0 atom stereocenters. The summed E-state index contributed by atoms with van der Waals surface area (Å²) in [5, 5.41) is 5.40. The van der Waals surface area contributed by atoms with Crippen LogP contribution in [0.3, 0.4) is 0 Å². The first-order chi connectivity index (χ1) is 10.0. The summed E-state index contributed by atoms with van der Waals surface area (Å²) < 4.78 is 0.917. The van der Waals surface area contributed by atoms with Crippen LogP contribution < -0.4 is 5.32 Å². The molecule has 3 rings (SSSR count). The van der Waals surface area contributed by atoms with Crippen LogP contribution in [0.25, 0.3) is 10.6 Å². The molecular formula is C16H18BrClN2S.